The predicted octanol–water partition coefficient (Wildman–Crippen LogP) is 9.54. The van der Waals surface area contributed by atoms with Gasteiger partial charge in [-0.05, 0) is 37.5 Å². The maximum atomic E-state index is 11.8. The normalized spacial score (nSPS) is 12.6. The lowest BCUT2D eigenvalue weighted by molar-refractivity contribution is 0.117. The number of unbranched alkanes of at least 4 members (excludes halogenated alkanes) is 5. The molecule has 1 N–H and O–H groups in total. The van der Waals surface area contributed by atoms with Crippen LogP contribution in [0.2, 0.25) is 0 Å². The Kier molecular flexibility index (Phi) is 29.4. The summed E-state index contributed by atoms with van der Waals surface area (Å²) in [5.41, 5.74) is 0. The number of amides is 2. The van der Waals surface area contributed by atoms with Crippen LogP contribution < -0.4 is 5.32 Å². The highest BCUT2D eigenvalue weighted by Crippen LogP contribution is 2.28. The van der Waals surface area contributed by atoms with Gasteiger partial charge < -0.3 is 19.7 Å². The first-order valence-electron chi connectivity index (χ1n) is 15.3. The van der Waals surface area contributed by atoms with Crippen LogP contribution >= 0.6 is 43.2 Å². The monoisotopic (exact) mass is 626 g/mol. The van der Waals surface area contributed by atoms with Gasteiger partial charge in [-0.1, -0.05) is 122 Å². The summed E-state index contributed by atoms with van der Waals surface area (Å²) in [5, 5.41) is 2.88. The average Bonchev–Trinajstić information content (AvgIpc) is 2.94. The van der Waals surface area contributed by atoms with E-state index in [4.69, 9.17) is 9.47 Å². The van der Waals surface area contributed by atoms with Crippen molar-refractivity contribution >= 4 is 55.4 Å². The summed E-state index contributed by atoms with van der Waals surface area (Å²) in [7, 11) is 9.23. The summed E-state index contributed by atoms with van der Waals surface area (Å²) in [5.74, 6) is 5.61. The zero-order valence-corrected chi connectivity index (χ0v) is 28.8. The second-order valence-electron chi connectivity index (χ2n) is 10.1. The van der Waals surface area contributed by atoms with Crippen LogP contribution in [0.4, 0.5) is 9.59 Å². The standard InChI is InChI=1S/C29H58N2O4S4/c1-6-10-16-26(8-3)24-38-36-22-20-34-28(32)30-18-15-13-11-12-14-17-27(9-4)25-39-37-23-21-35-29(33)31(5)19-7-2/h26-27H,6-25H2,1-5H3,(H,30,32)/t26?,27-/m0/s1. The fraction of sp³-hybridized carbons (Fsp3) is 0.931. The Bertz CT molecular complexity index is 575. The average molecular weight is 627 g/mol. The molecule has 0 heterocycles. The molecule has 0 bridgehead atoms. The third-order valence-electron chi connectivity index (χ3n) is 6.62. The van der Waals surface area contributed by atoms with E-state index >= 15 is 0 Å². The molecular formula is C29H58N2O4S4. The SMILES string of the molecule is CCCCC(CC)CSSCCOC(=O)NCCCCCCC[C@H](CC)CSSCCOC(=O)N(C)CCC. The molecular weight excluding hydrogens is 569 g/mol. The molecule has 39 heavy (non-hydrogen) atoms. The minimum atomic E-state index is -0.280. The zero-order chi connectivity index (χ0) is 29.0. The van der Waals surface area contributed by atoms with Gasteiger partial charge in [-0.15, -0.1) is 0 Å². The first-order chi connectivity index (χ1) is 19.0. The van der Waals surface area contributed by atoms with Gasteiger partial charge in [0.2, 0.25) is 0 Å². The smallest absolute Gasteiger partial charge is 0.409 e. The van der Waals surface area contributed by atoms with Crippen LogP contribution in [0.15, 0.2) is 0 Å². The molecule has 0 aliphatic rings. The van der Waals surface area contributed by atoms with E-state index in [9.17, 15) is 9.59 Å². The third kappa shape index (κ3) is 25.4. The Morgan fingerprint density at radius 2 is 1.28 bits per heavy atom. The second-order valence-corrected chi connectivity index (χ2v) is 15.3. The summed E-state index contributed by atoms with van der Waals surface area (Å²) in [6.07, 6.45) is 14.0. The van der Waals surface area contributed by atoms with Crippen LogP contribution in [0, 0.1) is 11.8 Å². The number of carbonyl (C=O) groups is 2. The largest absolute Gasteiger partial charge is 0.449 e. The molecule has 232 valence electrons. The maximum Gasteiger partial charge on any atom is 0.409 e. The molecule has 0 saturated carbocycles. The fourth-order valence-electron chi connectivity index (χ4n) is 3.91. The fourth-order valence-corrected chi connectivity index (χ4v) is 8.68. The summed E-state index contributed by atoms with van der Waals surface area (Å²) in [4.78, 5) is 25.2. The van der Waals surface area contributed by atoms with E-state index in [-0.39, 0.29) is 12.2 Å². The van der Waals surface area contributed by atoms with Crippen molar-refractivity contribution in [2.24, 2.45) is 11.8 Å². The van der Waals surface area contributed by atoms with Crippen molar-refractivity contribution in [3.8, 4) is 0 Å². The first kappa shape index (κ1) is 38.9. The van der Waals surface area contributed by atoms with Gasteiger partial charge in [0.05, 0.1) is 0 Å². The van der Waals surface area contributed by atoms with E-state index in [1.165, 1.54) is 63.5 Å². The molecule has 2 atom stereocenters. The van der Waals surface area contributed by atoms with Gasteiger partial charge in [-0.25, -0.2) is 9.59 Å². The molecule has 0 aliphatic heterocycles. The number of rotatable bonds is 27. The van der Waals surface area contributed by atoms with Crippen LogP contribution in [0.25, 0.3) is 0 Å². The lowest BCUT2D eigenvalue weighted by Crippen LogP contribution is -2.28. The molecule has 6 nitrogen and oxygen atoms in total. The molecule has 0 aromatic carbocycles. The van der Waals surface area contributed by atoms with Gasteiger partial charge in [-0.2, -0.15) is 0 Å². The predicted molar refractivity (Wildman–Crippen MR) is 178 cm³/mol. The molecule has 10 heteroatoms. The van der Waals surface area contributed by atoms with Crippen molar-refractivity contribution in [3.63, 3.8) is 0 Å². The molecule has 0 aliphatic carbocycles. The van der Waals surface area contributed by atoms with Crippen molar-refractivity contribution < 1.29 is 19.1 Å². The van der Waals surface area contributed by atoms with Gasteiger partial charge in [0, 0.05) is 43.1 Å². The quantitative estimate of drug-likeness (QED) is 0.0714. The summed E-state index contributed by atoms with van der Waals surface area (Å²) in [6.45, 7) is 11.3. The molecule has 0 aromatic rings. The van der Waals surface area contributed by atoms with E-state index in [1.54, 1.807) is 22.7 Å². The third-order valence-corrected chi connectivity index (χ3v) is 11.6. The number of nitrogens with zero attached hydrogens (tertiary/aromatic N) is 1. The molecule has 0 fully saturated rings. The van der Waals surface area contributed by atoms with Crippen molar-refractivity contribution in [1.29, 1.82) is 0 Å². The Labute approximate surface area is 256 Å². The topological polar surface area (TPSA) is 67.9 Å². The van der Waals surface area contributed by atoms with E-state index in [2.05, 4.69) is 33.0 Å². The van der Waals surface area contributed by atoms with E-state index in [1.807, 2.05) is 32.4 Å². The minimum absolute atomic E-state index is 0.220. The highest BCUT2D eigenvalue weighted by molar-refractivity contribution is 8.77. The minimum Gasteiger partial charge on any atom is -0.449 e. The van der Waals surface area contributed by atoms with Gasteiger partial charge >= 0.3 is 12.2 Å². The summed E-state index contributed by atoms with van der Waals surface area (Å²) < 4.78 is 10.6. The molecule has 0 saturated heterocycles. The number of carbonyl (C=O) groups excluding carboxylic acids is 2. The number of ether oxygens (including phenoxy) is 2. The van der Waals surface area contributed by atoms with Gasteiger partial charge in [0.25, 0.3) is 0 Å². The Balaban J connectivity index is 3.54. The van der Waals surface area contributed by atoms with Crippen molar-refractivity contribution in [2.45, 2.75) is 105 Å². The second kappa shape index (κ2) is 29.4. The lowest BCUT2D eigenvalue weighted by Gasteiger charge is -2.16. The highest BCUT2D eigenvalue weighted by Gasteiger charge is 2.10. The van der Waals surface area contributed by atoms with E-state index < -0.39 is 0 Å². The zero-order valence-electron chi connectivity index (χ0n) is 25.5. The van der Waals surface area contributed by atoms with Gasteiger partial charge in [0.1, 0.15) is 13.2 Å². The number of hydrogen-bond donors (Lipinski definition) is 1. The molecule has 0 aromatic heterocycles. The lowest BCUT2D eigenvalue weighted by atomic mass is 10.00. The van der Waals surface area contributed by atoms with Crippen LogP contribution in [0.1, 0.15) is 105 Å². The van der Waals surface area contributed by atoms with Crippen molar-refractivity contribution in [3.05, 3.63) is 0 Å². The molecule has 0 spiro atoms. The van der Waals surface area contributed by atoms with Crippen LogP contribution in [-0.4, -0.2) is 73.4 Å². The Morgan fingerprint density at radius 1 is 0.718 bits per heavy atom. The van der Waals surface area contributed by atoms with E-state index in [0.29, 0.717) is 19.8 Å². The first-order valence-corrected chi connectivity index (χ1v) is 20.2. The molecule has 0 radical (unpaired) electrons. The van der Waals surface area contributed by atoms with Crippen LogP contribution in [-0.2, 0) is 9.47 Å². The van der Waals surface area contributed by atoms with Crippen molar-refractivity contribution in [1.82, 2.24) is 10.2 Å². The van der Waals surface area contributed by atoms with Crippen LogP contribution in [0.3, 0.4) is 0 Å². The van der Waals surface area contributed by atoms with Gasteiger partial charge in [-0.3, -0.25) is 0 Å². The Morgan fingerprint density at radius 3 is 1.87 bits per heavy atom. The summed E-state index contributed by atoms with van der Waals surface area (Å²) >= 11 is 0. The van der Waals surface area contributed by atoms with Crippen molar-refractivity contribution in [2.75, 3.05) is 56.4 Å². The molecule has 1 unspecified atom stereocenters. The maximum absolute atomic E-state index is 11.8. The number of hydrogen-bond acceptors (Lipinski definition) is 8. The number of nitrogens with one attached hydrogen (secondary N) is 1. The molecule has 2 amide bonds. The number of alkyl carbamates (subject to hydrolysis) is 1. The van der Waals surface area contributed by atoms with Crippen LogP contribution in [0.5, 0.6) is 0 Å². The van der Waals surface area contributed by atoms with E-state index in [0.717, 1.165) is 54.9 Å². The van der Waals surface area contributed by atoms with Gasteiger partial charge in [0.15, 0.2) is 0 Å². The molecule has 0 rings (SSSR count). The summed E-state index contributed by atoms with van der Waals surface area (Å²) in [6, 6.07) is 0. The Hall–Kier alpha value is -0.0600. The highest BCUT2D eigenvalue weighted by atomic mass is 33.1.